The van der Waals surface area contributed by atoms with E-state index in [-0.39, 0.29) is 5.91 Å². The summed E-state index contributed by atoms with van der Waals surface area (Å²) in [4.78, 5) is 23.5. The summed E-state index contributed by atoms with van der Waals surface area (Å²) in [6.07, 6.45) is 7.41. The van der Waals surface area contributed by atoms with Gasteiger partial charge in [-0.05, 0) is 41.2 Å². The highest BCUT2D eigenvalue weighted by Crippen LogP contribution is 2.27. The van der Waals surface area contributed by atoms with Gasteiger partial charge in [0.25, 0.3) is 0 Å². The van der Waals surface area contributed by atoms with Crippen LogP contribution in [-0.2, 0) is 24.2 Å². The van der Waals surface area contributed by atoms with Gasteiger partial charge in [0.05, 0.1) is 6.20 Å². The molecule has 7 nitrogen and oxygen atoms in total. The number of aromatic nitrogens is 4. The van der Waals surface area contributed by atoms with Crippen LogP contribution in [0.15, 0.2) is 73.2 Å². The number of fused-ring (bicyclic) bond motifs is 4. The van der Waals surface area contributed by atoms with Crippen LogP contribution in [0.4, 0.5) is 0 Å². The Morgan fingerprint density at radius 1 is 1.06 bits per heavy atom. The Bertz CT molecular complexity index is 1450. The van der Waals surface area contributed by atoms with Crippen LogP contribution in [0.1, 0.15) is 28.3 Å². The molecule has 6 rings (SSSR count). The number of rotatable bonds is 6. The van der Waals surface area contributed by atoms with E-state index in [2.05, 4.69) is 49.9 Å². The maximum atomic E-state index is 13.7. The molecule has 0 bridgehead atoms. The highest BCUT2D eigenvalue weighted by Gasteiger charge is 2.29. The first-order chi connectivity index (χ1) is 16.8. The maximum absolute atomic E-state index is 13.7. The molecule has 0 radical (unpaired) electrons. The molecule has 1 unspecified atom stereocenters. The Morgan fingerprint density at radius 3 is 2.82 bits per heavy atom. The number of hydrogen-bond acceptors (Lipinski definition) is 4. The molecule has 1 aliphatic heterocycles. The number of benzene rings is 2. The summed E-state index contributed by atoms with van der Waals surface area (Å²) >= 11 is 0. The van der Waals surface area contributed by atoms with Crippen molar-refractivity contribution in [2.24, 2.45) is 0 Å². The number of nitrogens with one attached hydrogen (secondary N) is 3. The zero-order chi connectivity index (χ0) is 22.9. The molecule has 7 heteroatoms. The van der Waals surface area contributed by atoms with Gasteiger partial charge in [-0.3, -0.25) is 9.89 Å². The van der Waals surface area contributed by atoms with E-state index in [0.717, 1.165) is 40.5 Å². The van der Waals surface area contributed by atoms with E-state index >= 15 is 0 Å². The van der Waals surface area contributed by atoms with Gasteiger partial charge in [-0.2, -0.15) is 5.10 Å². The van der Waals surface area contributed by atoms with Gasteiger partial charge >= 0.3 is 0 Å². The summed E-state index contributed by atoms with van der Waals surface area (Å²) in [6, 6.07) is 17.9. The van der Waals surface area contributed by atoms with Crippen molar-refractivity contribution in [2.75, 3.05) is 13.1 Å². The van der Waals surface area contributed by atoms with E-state index in [1.54, 1.807) is 0 Å². The fourth-order valence-electron chi connectivity index (χ4n) is 5.01. The van der Waals surface area contributed by atoms with Crippen LogP contribution in [0.2, 0.25) is 0 Å². The number of amides is 1. The van der Waals surface area contributed by atoms with Gasteiger partial charge in [0.2, 0.25) is 5.91 Å². The summed E-state index contributed by atoms with van der Waals surface area (Å²) in [5.74, 6) is 0.100. The Hall–Kier alpha value is -3.97. The van der Waals surface area contributed by atoms with E-state index in [0.29, 0.717) is 19.6 Å². The molecule has 34 heavy (non-hydrogen) atoms. The first-order valence-corrected chi connectivity index (χ1v) is 11.7. The average molecular weight is 451 g/mol. The second-order valence-corrected chi connectivity index (χ2v) is 8.81. The minimum atomic E-state index is -0.390. The SMILES string of the molecule is O=C(C(NCCc1c[nH]c2ccccc12)c1ccccc1)N1CCc2c(cnc3[nH]ncc23)C1. The number of pyridine rings is 1. The number of nitrogens with zero attached hydrogens (tertiary/aromatic N) is 3. The van der Waals surface area contributed by atoms with Crippen molar-refractivity contribution in [1.82, 2.24) is 30.4 Å². The Kier molecular flexibility index (Phi) is 5.31. The van der Waals surface area contributed by atoms with Crippen LogP contribution in [0, 0.1) is 0 Å². The second kappa shape index (κ2) is 8.76. The molecule has 1 atom stereocenters. The van der Waals surface area contributed by atoms with Gasteiger partial charge in [0, 0.05) is 48.3 Å². The molecule has 1 aliphatic rings. The molecule has 3 N–H and O–H groups in total. The predicted octanol–water partition coefficient (Wildman–Crippen LogP) is 3.90. The van der Waals surface area contributed by atoms with Gasteiger partial charge in [-0.1, -0.05) is 48.5 Å². The lowest BCUT2D eigenvalue weighted by atomic mass is 9.97. The number of aromatic amines is 2. The average Bonchev–Trinajstić information content (AvgIpc) is 3.54. The Labute approximate surface area is 197 Å². The summed E-state index contributed by atoms with van der Waals surface area (Å²) in [7, 11) is 0. The lowest BCUT2D eigenvalue weighted by Crippen LogP contribution is -2.43. The van der Waals surface area contributed by atoms with Gasteiger partial charge in [0.15, 0.2) is 5.65 Å². The minimum absolute atomic E-state index is 0.100. The van der Waals surface area contributed by atoms with E-state index in [1.165, 1.54) is 16.5 Å². The molecule has 0 aliphatic carbocycles. The molecule has 5 aromatic rings. The number of carbonyl (C=O) groups excluding carboxylic acids is 1. The molecule has 170 valence electrons. The fourth-order valence-corrected chi connectivity index (χ4v) is 5.01. The van der Waals surface area contributed by atoms with Crippen molar-refractivity contribution in [3.63, 3.8) is 0 Å². The molecule has 4 heterocycles. The number of carbonyl (C=O) groups is 1. The summed E-state index contributed by atoms with van der Waals surface area (Å²) in [6.45, 7) is 1.95. The van der Waals surface area contributed by atoms with Crippen LogP contribution < -0.4 is 5.32 Å². The zero-order valence-electron chi connectivity index (χ0n) is 18.8. The fraction of sp³-hybridized carbons (Fsp3) is 0.222. The van der Waals surface area contributed by atoms with E-state index in [9.17, 15) is 4.79 Å². The molecule has 3 aromatic heterocycles. The lowest BCUT2D eigenvalue weighted by molar-refractivity contribution is -0.134. The molecular formula is C27H26N6O. The van der Waals surface area contributed by atoms with Gasteiger partial charge < -0.3 is 15.2 Å². The third-order valence-electron chi connectivity index (χ3n) is 6.78. The number of para-hydroxylation sites is 1. The molecule has 0 saturated carbocycles. The first-order valence-electron chi connectivity index (χ1n) is 11.7. The zero-order valence-corrected chi connectivity index (χ0v) is 18.8. The van der Waals surface area contributed by atoms with E-state index in [1.807, 2.05) is 53.7 Å². The van der Waals surface area contributed by atoms with Gasteiger partial charge in [0.1, 0.15) is 6.04 Å². The molecule has 0 saturated heterocycles. The van der Waals surface area contributed by atoms with E-state index < -0.39 is 6.04 Å². The Balaban J connectivity index is 1.21. The van der Waals surface area contributed by atoms with Crippen LogP contribution in [-0.4, -0.2) is 44.1 Å². The van der Waals surface area contributed by atoms with Crippen LogP contribution >= 0.6 is 0 Å². The maximum Gasteiger partial charge on any atom is 0.244 e. The van der Waals surface area contributed by atoms with Crippen molar-refractivity contribution < 1.29 is 4.79 Å². The Morgan fingerprint density at radius 2 is 1.91 bits per heavy atom. The third-order valence-corrected chi connectivity index (χ3v) is 6.78. The van der Waals surface area contributed by atoms with Gasteiger partial charge in [-0.15, -0.1) is 0 Å². The third kappa shape index (κ3) is 3.74. The van der Waals surface area contributed by atoms with Crippen molar-refractivity contribution in [3.8, 4) is 0 Å². The molecule has 1 amide bonds. The summed E-state index contributed by atoms with van der Waals surface area (Å²) in [5.41, 5.74) is 6.52. The number of hydrogen-bond donors (Lipinski definition) is 3. The van der Waals surface area contributed by atoms with E-state index in [4.69, 9.17) is 0 Å². The summed E-state index contributed by atoms with van der Waals surface area (Å²) < 4.78 is 0. The largest absolute Gasteiger partial charge is 0.361 e. The van der Waals surface area contributed by atoms with Crippen LogP contribution in [0.25, 0.3) is 21.9 Å². The molecule has 2 aromatic carbocycles. The van der Waals surface area contributed by atoms with Crippen molar-refractivity contribution in [2.45, 2.75) is 25.4 Å². The van der Waals surface area contributed by atoms with Crippen molar-refractivity contribution in [3.05, 3.63) is 95.4 Å². The highest BCUT2D eigenvalue weighted by molar-refractivity contribution is 5.85. The normalized spacial score (nSPS) is 14.4. The molecule has 0 spiro atoms. The van der Waals surface area contributed by atoms with Crippen LogP contribution in [0.3, 0.4) is 0 Å². The second-order valence-electron chi connectivity index (χ2n) is 8.81. The van der Waals surface area contributed by atoms with Crippen molar-refractivity contribution >= 4 is 27.8 Å². The first kappa shape index (κ1) is 20.6. The monoisotopic (exact) mass is 450 g/mol. The van der Waals surface area contributed by atoms with Gasteiger partial charge in [-0.25, -0.2) is 4.98 Å². The minimum Gasteiger partial charge on any atom is -0.361 e. The standard InChI is InChI=1S/C27H26N6O/c34-27(33-13-11-21-20(17-33)15-30-26-23(21)16-31-32-26)25(18-6-2-1-3-7-18)28-12-10-19-14-29-24-9-5-4-8-22(19)24/h1-9,14-16,25,28-29H,10-13,17H2,(H,30,31,32). The van der Waals surface area contributed by atoms with Crippen molar-refractivity contribution in [1.29, 1.82) is 0 Å². The topological polar surface area (TPSA) is 89.7 Å². The smallest absolute Gasteiger partial charge is 0.244 e. The predicted molar refractivity (Wildman–Crippen MR) is 132 cm³/mol. The highest BCUT2D eigenvalue weighted by atomic mass is 16.2. The lowest BCUT2D eigenvalue weighted by Gasteiger charge is -2.32. The molecular weight excluding hydrogens is 424 g/mol. The quantitative estimate of drug-likeness (QED) is 0.366. The molecule has 0 fully saturated rings. The summed E-state index contributed by atoms with van der Waals surface area (Å²) in [5, 5.41) is 12.9. The number of H-pyrrole nitrogens is 2. The van der Waals surface area contributed by atoms with Crippen LogP contribution in [0.5, 0.6) is 0 Å².